The van der Waals surface area contributed by atoms with Crippen LogP contribution in [0.1, 0.15) is 19.4 Å². The zero-order chi connectivity index (χ0) is 21.1. The molecule has 0 aliphatic carbocycles. The lowest BCUT2D eigenvalue weighted by Gasteiger charge is -2.37. The van der Waals surface area contributed by atoms with Gasteiger partial charge in [-0.05, 0) is 29.7 Å². The molecule has 0 N–H and O–H groups in total. The minimum atomic E-state index is 0.727. The predicted octanol–water partition coefficient (Wildman–Crippen LogP) is 4.48. The molecule has 1 saturated heterocycles. The summed E-state index contributed by atoms with van der Waals surface area (Å²) in [5, 5.41) is 2.62. The maximum Gasteiger partial charge on any atom is 0.161 e. The van der Waals surface area contributed by atoms with E-state index >= 15 is 0 Å². The second-order valence-electron chi connectivity index (χ2n) is 8.58. The normalized spacial score (nSPS) is 15.2. The van der Waals surface area contributed by atoms with E-state index in [0.29, 0.717) is 0 Å². The van der Waals surface area contributed by atoms with E-state index in [2.05, 4.69) is 70.9 Å². The number of hydrogen-bond donors (Lipinski definition) is 0. The Morgan fingerprint density at radius 3 is 2.37 bits per heavy atom. The average molecular weight is 408 g/mol. The fourth-order valence-electron chi connectivity index (χ4n) is 4.45. The van der Waals surface area contributed by atoms with Gasteiger partial charge in [-0.25, -0.2) is 0 Å². The lowest BCUT2D eigenvalue weighted by molar-refractivity contribution is 0.231. The Morgan fingerprint density at radius 1 is 0.900 bits per heavy atom. The third-order valence-electron chi connectivity index (χ3n) is 5.87. The molecule has 5 heteroatoms. The molecule has 0 unspecified atom stereocenters. The molecule has 5 nitrogen and oxygen atoms in total. The summed E-state index contributed by atoms with van der Waals surface area (Å²) in [4.78, 5) is 5.13. The Labute approximate surface area is 179 Å². The van der Waals surface area contributed by atoms with Crippen LogP contribution < -0.4 is 14.4 Å². The molecule has 0 bridgehead atoms. The van der Waals surface area contributed by atoms with Gasteiger partial charge in [-0.15, -0.1) is 0 Å². The van der Waals surface area contributed by atoms with Crippen LogP contribution in [0.2, 0.25) is 0 Å². The summed E-state index contributed by atoms with van der Waals surface area (Å²) in [6.45, 7) is 11.1. The van der Waals surface area contributed by atoms with Crippen LogP contribution in [0.15, 0.2) is 48.8 Å². The molecule has 160 valence electrons. The molecule has 30 heavy (non-hydrogen) atoms. The molecular weight excluding hydrogens is 374 g/mol. The van der Waals surface area contributed by atoms with Gasteiger partial charge in [-0.3, -0.25) is 4.90 Å². The molecule has 3 aromatic rings. The van der Waals surface area contributed by atoms with E-state index in [1.54, 1.807) is 14.2 Å². The summed E-state index contributed by atoms with van der Waals surface area (Å²) in [6.07, 6.45) is 4.52. The van der Waals surface area contributed by atoms with Crippen LogP contribution in [0, 0.1) is 5.92 Å². The fourth-order valence-corrected chi connectivity index (χ4v) is 4.45. The number of anilines is 1. The first-order chi connectivity index (χ1) is 14.6. The molecule has 1 aliphatic rings. The molecule has 0 atom stereocenters. The Bertz CT molecular complexity index is 987. The van der Waals surface area contributed by atoms with E-state index in [1.165, 1.54) is 28.6 Å². The van der Waals surface area contributed by atoms with Crippen molar-refractivity contribution < 1.29 is 9.47 Å². The Hall–Kier alpha value is -2.66. The summed E-state index contributed by atoms with van der Waals surface area (Å²) in [6, 6.07) is 12.8. The van der Waals surface area contributed by atoms with Gasteiger partial charge in [0.2, 0.25) is 0 Å². The predicted molar refractivity (Wildman–Crippen MR) is 124 cm³/mol. The van der Waals surface area contributed by atoms with Crippen LogP contribution in [0.25, 0.3) is 10.8 Å². The van der Waals surface area contributed by atoms with Crippen LogP contribution in [-0.2, 0) is 6.54 Å². The summed E-state index contributed by atoms with van der Waals surface area (Å²) in [5.41, 5.74) is 2.54. The maximum absolute atomic E-state index is 5.46. The molecule has 0 spiro atoms. The fraction of sp³-hybridized carbons (Fsp3) is 0.440. The number of piperazine rings is 1. The monoisotopic (exact) mass is 407 g/mol. The first-order valence-corrected chi connectivity index (χ1v) is 10.8. The average Bonchev–Trinajstić information content (AvgIpc) is 3.16. The number of benzene rings is 2. The van der Waals surface area contributed by atoms with Crippen molar-refractivity contribution in [3.8, 4) is 11.5 Å². The smallest absolute Gasteiger partial charge is 0.161 e. The van der Waals surface area contributed by atoms with Crippen LogP contribution >= 0.6 is 0 Å². The Kier molecular flexibility index (Phi) is 6.18. The van der Waals surface area contributed by atoms with Crippen LogP contribution in [0.5, 0.6) is 11.5 Å². The van der Waals surface area contributed by atoms with E-state index in [0.717, 1.165) is 50.1 Å². The Balaban J connectivity index is 1.53. The van der Waals surface area contributed by atoms with E-state index in [-0.39, 0.29) is 0 Å². The number of aromatic nitrogens is 1. The number of nitrogens with zero attached hydrogens (tertiary/aromatic N) is 3. The highest BCUT2D eigenvalue weighted by molar-refractivity contribution is 5.94. The summed E-state index contributed by atoms with van der Waals surface area (Å²) < 4.78 is 13.1. The lowest BCUT2D eigenvalue weighted by Crippen LogP contribution is -2.47. The van der Waals surface area contributed by atoms with Gasteiger partial charge in [0, 0.05) is 68.1 Å². The van der Waals surface area contributed by atoms with Gasteiger partial charge in [0.1, 0.15) is 0 Å². The second-order valence-corrected chi connectivity index (χ2v) is 8.58. The number of hydrogen-bond acceptors (Lipinski definition) is 4. The highest BCUT2D eigenvalue weighted by Crippen LogP contribution is 2.31. The third kappa shape index (κ3) is 4.41. The van der Waals surface area contributed by atoms with E-state index in [1.807, 2.05) is 6.07 Å². The minimum absolute atomic E-state index is 0.727. The van der Waals surface area contributed by atoms with Crippen molar-refractivity contribution in [2.75, 3.05) is 51.8 Å². The minimum Gasteiger partial charge on any atom is -0.493 e. The molecule has 0 radical (unpaired) electrons. The number of methoxy groups -OCH3 is 2. The van der Waals surface area contributed by atoms with Gasteiger partial charge in [-0.1, -0.05) is 32.0 Å². The molecule has 4 rings (SSSR count). The maximum atomic E-state index is 5.46. The molecule has 0 amide bonds. The van der Waals surface area contributed by atoms with Crippen molar-refractivity contribution in [2.45, 2.75) is 20.4 Å². The van der Waals surface area contributed by atoms with E-state index in [4.69, 9.17) is 9.47 Å². The largest absolute Gasteiger partial charge is 0.493 e. The van der Waals surface area contributed by atoms with Gasteiger partial charge in [-0.2, -0.15) is 0 Å². The van der Waals surface area contributed by atoms with Crippen molar-refractivity contribution in [1.29, 1.82) is 0 Å². The van der Waals surface area contributed by atoms with Crippen LogP contribution in [-0.4, -0.2) is 56.4 Å². The first-order valence-electron chi connectivity index (χ1n) is 10.8. The van der Waals surface area contributed by atoms with Crippen molar-refractivity contribution >= 4 is 16.5 Å². The highest BCUT2D eigenvalue weighted by Gasteiger charge is 2.19. The molecule has 2 heterocycles. The van der Waals surface area contributed by atoms with Gasteiger partial charge >= 0.3 is 0 Å². The topological polar surface area (TPSA) is 29.9 Å². The standard InChI is InChI=1S/C25H33N3O2/c1-19(2)15-26-10-12-28(13-11-26)23-7-5-6-21-17-27(18-22(21)23)16-20-8-9-24(29-3)25(14-20)30-4/h5-9,14,17-19H,10-13,15-16H2,1-4H3. The second kappa shape index (κ2) is 9.00. The number of fused-ring (bicyclic) bond motifs is 1. The quantitative estimate of drug-likeness (QED) is 0.577. The Morgan fingerprint density at radius 2 is 1.67 bits per heavy atom. The molecule has 1 aromatic heterocycles. The SMILES string of the molecule is COc1ccc(Cn2cc3cccc(N4CCN(CC(C)C)CC4)c3c2)cc1OC. The number of rotatable bonds is 7. The molecule has 1 fully saturated rings. The van der Waals surface area contributed by atoms with Crippen molar-refractivity contribution in [1.82, 2.24) is 9.47 Å². The zero-order valence-electron chi connectivity index (χ0n) is 18.6. The van der Waals surface area contributed by atoms with Crippen LogP contribution in [0.3, 0.4) is 0 Å². The van der Waals surface area contributed by atoms with Crippen LogP contribution in [0.4, 0.5) is 5.69 Å². The zero-order valence-corrected chi connectivity index (χ0v) is 18.6. The summed E-state index contributed by atoms with van der Waals surface area (Å²) in [7, 11) is 3.35. The summed E-state index contributed by atoms with van der Waals surface area (Å²) in [5.74, 6) is 2.26. The van der Waals surface area contributed by atoms with E-state index in [9.17, 15) is 0 Å². The highest BCUT2D eigenvalue weighted by atomic mass is 16.5. The van der Waals surface area contributed by atoms with Crippen molar-refractivity contribution in [3.05, 3.63) is 54.4 Å². The lowest BCUT2D eigenvalue weighted by atomic mass is 10.1. The molecule has 1 aliphatic heterocycles. The van der Waals surface area contributed by atoms with Gasteiger partial charge in [0.05, 0.1) is 14.2 Å². The molecule has 2 aromatic carbocycles. The number of ether oxygens (including phenoxy) is 2. The third-order valence-corrected chi connectivity index (χ3v) is 5.87. The van der Waals surface area contributed by atoms with Crippen molar-refractivity contribution in [2.24, 2.45) is 5.92 Å². The van der Waals surface area contributed by atoms with Gasteiger partial charge < -0.3 is 18.9 Å². The van der Waals surface area contributed by atoms with Crippen molar-refractivity contribution in [3.63, 3.8) is 0 Å². The van der Waals surface area contributed by atoms with Gasteiger partial charge in [0.25, 0.3) is 0 Å². The summed E-state index contributed by atoms with van der Waals surface area (Å²) >= 11 is 0. The molecule has 0 saturated carbocycles. The molecular formula is C25H33N3O2. The van der Waals surface area contributed by atoms with E-state index < -0.39 is 0 Å². The van der Waals surface area contributed by atoms with Gasteiger partial charge in [0.15, 0.2) is 11.5 Å². The first kappa shape index (κ1) is 20.6.